The molecule has 2 aromatic carbocycles. The van der Waals surface area contributed by atoms with Crippen molar-refractivity contribution in [1.82, 2.24) is 15.2 Å². The fourth-order valence-corrected chi connectivity index (χ4v) is 4.20. The number of carbonyl (C=O) groups is 2. The normalized spacial score (nSPS) is 12.1. The predicted molar refractivity (Wildman–Crippen MR) is 146 cm³/mol. The van der Waals surface area contributed by atoms with Crippen molar-refractivity contribution >= 4 is 38.6 Å². The van der Waals surface area contributed by atoms with E-state index >= 15 is 0 Å². The molecule has 0 aliphatic heterocycles. The van der Waals surface area contributed by atoms with Gasteiger partial charge in [0, 0.05) is 11.9 Å². The lowest BCUT2D eigenvalue weighted by molar-refractivity contribution is -0.193. The van der Waals surface area contributed by atoms with E-state index < -0.39 is 46.1 Å². The summed E-state index contributed by atoms with van der Waals surface area (Å²) in [5.74, 6) is -5.51. The van der Waals surface area contributed by atoms with Crippen molar-refractivity contribution in [3.8, 4) is 0 Å². The van der Waals surface area contributed by atoms with Gasteiger partial charge in [-0.05, 0) is 70.0 Å². The maximum atomic E-state index is 12.8. The van der Waals surface area contributed by atoms with Gasteiger partial charge in [-0.25, -0.2) is 23.0 Å². The molecule has 1 aromatic heterocycles. The number of nitrogens with zero attached hydrogens (tertiary/aromatic N) is 2. The first-order valence-electron chi connectivity index (χ1n) is 12.5. The van der Waals surface area contributed by atoms with Crippen LogP contribution >= 0.6 is 0 Å². The van der Waals surface area contributed by atoms with Crippen LogP contribution in [0, 0.1) is 0 Å². The van der Waals surface area contributed by atoms with Crippen LogP contribution < -0.4 is 10.0 Å². The van der Waals surface area contributed by atoms with E-state index in [1.807, 2.05) is 32.3 Å². The Morgan fingerprint density at radius 2 is 1.35 bits per heavy atom. The fraction of sp³-hybridized carbons (Fsp3) is 0.346. The number of pyridine rings is 1. The predicted octanol–water partition coefficient (Wildman–Crippen LogP) is 5.36. The molecule has 0 saturated carbocycles. The van der Waals surface area contributed by atoms with Crippen molar-refractivity contribution in [2.24, 2.45) is 0 Å². The molecule has 0 saturated heterocycles. The van der Waals surface area contributed by atoms with E-state index in [1.54, 1.807) is 12.1 Å². The number of carboxylic acids is 2. The molecule has 0 amide bonds. The van der Waals surface area contributed by atoms with Gasteiger partial charge >= 0.3 is 30.5 Å². The number of benzene rings is 2. The summed E-state index contributed by atoms with van der Waals surface area (Å²) in [6.45, 7) is 2.32. The molecular weight excluding hydrogens is 667 g/mol. The van der Waals surface area contributed by atoms with Crippen LogP contribution in [0.2, 0.25) is 0 Å². The zero-order valence-electron chi connectivity index (χ0n) is 23.8. The second kappa shape index (κ2) is 16.4. The van der Waals surface area contributed by atoms with Gasteiger partial charge in [-0.3, -0.25) is 4.72 Å². The molecule has 0 atom stereocenters. The van der Waals surface area contributed by atoms with E-state index in [9.17, 15) is 47.9 Å². The monoisotopic (exact) mass is 694 g/mol. The molecule has 10 nitrogen and oxygen atoms in total. The third-order valence-corrected chi connectivity index (χ3v) is 6.65. The van der Waals surface area contributed by atoms with Gasteiger partial charge in [-0.2, -0.15) is 39.5 Å². The lowest BCUT2D eigenvalue weighted by Gasteiger charge is -2.13. The first-order chi connectivity index (χ1) is 20.9. The summed E-state index contributed by atoms with van der Waals surface area (Å²) >= 11 is 0. The van der Waals surface area contributed by atoms with Crippen LogP contribution in [0.3, 0.4) is 0 Å². The summed E-state index contributed by atoms with van der Waals surface area (Å²) in [6, 6.07) is 12.2. The van der Waals surface area contributed by atoms with E-state index in [4.69, 9.17) is 19.8 Å². The van der Waals surface area contributed by atoms with Gasteiger partial charge in [0.1, 0.15) is 0 Å². The molecule has 3 aromatic rings. The van der Waals surface area contributed by atoms with Gasteiger partial charge in [0.15, 0.2) is 0 Å². The third-order valence-electron chi connectivity index (χ3n) is 5.26. The minimum absolute atomic E-state index is 0.261. The van der Waals surface area contributed by atoms with E-state index in [0.29, 0.717) is 12.1 Å². The van der Waals surface area contributed by atoms with Crippen molar-refractivity contribution in [1.29, 1.82) is 0 Å². The second-order valence-electron chi connectivity index (χ2n) is 9.25. The number of nitrogens with one attached hydrogen (secondary N) is 2. The highest BCUT2D eigenvalue weighted by Crippen LogP contribution is 2.30. The number of alkyl halides is 9. The highest BCUT2D eigenvalue weighted by Gasteiger charge is 2.39. The highest BCUT2D eigenvalue weighted by atomic mass is 32.2. The first-order valence-corrected chi connectivity index (χ1v) is 14.0. The van der Waals surface area contributed by atoms with Crippen LogP contribution in [0.25, 0.3) is 10.9 Å². The molecule has 0 fully saturated rings. The van der Waals surface area contributed by atoms with E-state index in [2.05, 4.69) is 19.9 Å². The minimum Gasteiger partial charge on any atom is -0.475 e. The lowest BCUT2D eigenvalue weighted by atomic mass is 10.2. The molecule has 0 aliphatic carbocycles. The molecule has 0 spiro atoms. The van der Waals surface area contributed by atoms with Crippen LogP contribution in [0.4, 0.5) is 45.2 Å². The zero-order chi connectivity index (χ0) is 35.5. The quantitative estimate of drug-likeness (QED) is 0.172. The number of carboxylic acid groups (broad SMARTS) is 2. The number of aliphatic carboxylic acids is 2. The zero-order valence-corrected chi connectivity index (χ0v) is 24.6. The summed E-state index contributed by atoms with van der Waals surface area (Å²) in [5, 5.41) is 18.3. The number of aromatic nitrogens is 1. The Kier molecular flexibility index (Phi) is 14.2. The smallest absolute Gasteiger partial charge is 0.475 e. The first kappa shape index (κ1) is 39.9. The topological polar surface area (TPSA) is 149 Å². The van der Waals surface area contributed by atoms with Crippen LogP contribution in [-0.2, 0) is 32.3 Å². The number of fused-ring (bicyclic) bond motifs is 1. The highest BCUT2D eigenvalue weighted by molar-refractivity contribution is 7.92. The van der Waals surface area contributed by atoms with Gasteiger partial charge in [-0.1, -0.05) is 18.2 Å². The molecule has 3 rings (SSSR count). The Hall–Kier alpha value is -4.17. The largest absolute Gasteiger partial charge is 0.490 e. The number of para-hydroxylation sites is 1. The minimum atomic E-state index is -5.08. The van der Waals surface area contributed by atoms with Crippen molar-refractivity contribution in [2.75, 3.05) is 31.9 Å². The lowest BCUT2D eigenvalue weighted by Crippen LogP contribution is -2.21. The molecule has 20 heteroatoms. The average Bonchev–Trinajstić information content (AvgIpc) is 2.92. The number of sulfonamides is 1. The number of anilines is 1. The van der Waals surface area contributed by atoms with E-state index in [1.165, 1.54) is 0 Å². The Balaban J connectivity index is 0.000000629. The molecule has 1 heterocycles. The molecule has 0 radical (unpaired) electrons. The van der Waals surface area contributed by atoms with E-state index in [-0.39, 0.29) is 10.6 Å². The van der Waals surface area contributed by atoms with Crippen LogP contribution in [0.1, 0.15) is 17.7 Å². The Labute approximate surface area is 255 Å². The molecular formula is C26H27F9N4O6S. The van der Waals surface area contributed by atoms with Gasteiger partial charge in [0.05, 0.1) is 27.4 Å². The van der Waals surface area contributed by atoms with E-state index in [0.717, 1.165) is 54.9 Å². The summed E-state index contributed by atoms with van der Waals surface area (Å²) < 4.78 is 130. The fourth-order valence-electron chi connectivity index (χ4n) is 3.13. The number of hydrogen-bond acceptors (Lipinski definition) is 7. The molecule has 256 valence electrons. The van der Waals surface area contributed by atoms with Gasteiger partial charge in [-0.15, -0.1) is 0 Å². The number of rotatable bonds is 9. The standard InChI is InChI=1S/C22H25F3N4O2S.2C2HF3O2/c1-29(2)14-4-13-26-15-18-10-7-16-5-3-6-20(21(16)27-18)28-32(30,31)19-11-8-17(9-12-19)22(23,24)25;2*3-2(4,5)1(6)7/h3,5-12,26,28H,4,13-15H2,1-2H3;2*(H,6,7). The molecule has 0 unspecified atom stereocenters. The van der Waals surface area contributed by atoms with Crippen LogP contribution in [0.15, 0.2) is 59.5 Å². The van der Waals surface area contributed by atoms with Gasteiger partial charge in [0.25, 0.3) is 10.0 Å². The second-order valence-corrected chi connectivity index (χ2v) is 10.9. The summed E-state index contributed by atoms with van der Waals surface area (Å²) in [7, 11) is -0.0659. The Bertz CT molecular complexity index is 1540. The Morgan fingerprint density at radius 3 is 1.80 bits per heavy atom. The summed E-state index contributed by atoms with van der Waals surface area (Å²) in [5.41, 5.74) is 0.571. The van der Waals surface area contributed by atoms with Crippen molar-refractivity contribution in [3.63, 3.8) is 0 Å². The van der Waals surface area contributed by atoms with Crippen molar-refractivity contribution in [2.45, 2.75) is 36.4 Å². The van der Waals surface area contributed by atoms with Gasteiger partial charge < -0.3 is 20.4 Å². The third kappa shape index (κ3) is 13.9. The molecule has 46 heavy (non-hydrogen) atoms. The SMILES string of the molecule is CN(C)CCCNCc1ccc2cccc(NS(=O)(=O)c3ccc(C(F)(F)F)cc3)c2n1.O=C(O)C(F)(F)F.O=C(O)C(F)(F)F. The maximum absolute atomic E-state index is 12.8. The van der Waals surface area contributed by atoms with Crippen LogP contribution in [-0.4, -0.2) is 80.0 Å². The number of hydrogen-bond donors (Lipinski definition) is 4. The molecule has 0 bridgehead atoms. The molecule has 0 aliphatic rings. The average molecular weight is 695 g/mol. The van der Waals surface area contributed by atoms with Crippen LogP contribution in [0.5, 0.6) is 0 Å². The Morgan fingerprint density at radius 1 is 0.826 bits per heavy atom. The summed E-state index contributed by atoms with van der Waals surface area (Å²) in [4.78, 5) is 24.2. The molecule has 4 N–H and O–H groups in total. The summed E-state index contributed by atoms with van der Waals surface area (Å²) in [6.07, 6.45) is -13.7. The van der Waals surface area contributed by atoms with Crippen molar-refractivity contribution < 1.29 is 67.7 Å². The van der Waals surface area contributed by atoms with Gasteiger partial charge in [0.2, 0.25) is 0 Å². The maximum Gasteiger partial charge on any atom is 0.490 e. The van der Waals surface area contributed by atoms with Crippen molar-refractivity contribution in [3.05, 3.63) is 65.9 Å². The number of halogens is 9.